The zero-order valence-electron chi connectivity index (χ0n) is 11.4. The summed E-state index contributed by atoms with van der Waals surface area (Å²) in [6.07, 6.45) is 2.26. The van der Waals surface area contributed by atoms with Gasteiger partial charge in [-0.2, -0.15) is 0 Å². The maximum Gasteiger partial charge on any atom is 0.148 e. The van der Waals surface area contributed by atoms with Crippen LogP contribution in [0, 0.1) is 0 Å². The van der Waals surface area contributed by atoms with E-state index >= 15 is 0 Å². The second-order valence-corrected chi connectivity index (χ2v) is 5.03. The normalized spacial score (nSPS) is 26.9. The second-order valence-electron chi connectivity index (χ2n) is 5.03. The van der Waals surface area contributed by atoms with Crippen LogP contribution in [-0.4, -0.2) is 51.9 Å². The summed E-state index contributed by atoms with van der Waals surface area (Å²) < 4.78 is 0. The van der Waals surface area contributed by atoms with Gasteiger partial charge in [-0.05, 0) is 38.1 Å². The molecule has 1 aromatic rings. The first-order valence-corrected chi connectivity index (χ1v) is 6.96. The molecule has 1 aliphatic heterocycles. The minimum Gasteiger partial charge on any atom is -0.390 e. The molecular weight excluding hydrogens is 242 g/mol. The molecule has 2 rings (SSSR count). The summed E-state index contributed by atoms with van der Waals surface area (Å²) in [6, 6.07) is 5.35. The van der Waals surface area contributed by atoms with Crippen molar-refractivity contribution in [2.45, 2.75) is 38.1 Å². The standard InChI is InChI=1S/C14H23N3O2/c1-2-17-9-5-7-11(13(18)10-17)16-14(19)12-6-3-4-8-15-12/h3-4,6,8,11,13-14,16,18-19H,2,5,7,9-10H2,1H3. The maximum atomic E-state index is 10.2. The van der Waals surface area contributed by atoms with Crippen LogP contribution in [0.5, 0.6) is 0 Å². The van der Waals surface area contributed by atoms with Crippen LogP contribution in [-0.2, 0) is 0 Å². The lowest BCUT2D eigenvalue weighted by molar-refractivity contribution is 0.0516. The van der Waals surface area contributed by atoms with Crippen molar-refractivity contribution in [2.24, 2.45) is 0 Å². The molecule has 1 saturated heterocycles. The van der Waals surface area contributed by atoms with Gasteiger partial charge in [0.25, 0.3) is 0 Å². The first kappa shape index (κ1) is 14.4. The molecule has 0 amide bonds. The van der Waals surface area contributed by atoms with Crippen LogP contribution in [0.25, 0.3) is 0 Å². The van der Waals surface area contributed by atoms with Crippen LogP contribution >= 0.6 is 0 Å². The first-order valence-electron chi connectivity index (χ1n) is 6.96. The third kappa shape index (κ3) is 3.98. The Kier molecular flexibility index (Phi) is 5.27. The van der Waals surface area contributed by atoms with E-state index in [0.29, 0.717) is 12.2 Å². The van der Waals surface area contributed by atoms with Crippen LogP contribution in [0.3, 0.4) is 0 Å². The zero-order chi connectivity index (χ0) is 13.7. The number of rotatable bonds is 4. The number of β-amino-alcohol motifs (C(OH)–C–C–N with tert-alkyl or cyclic N) is 1. The number of aliphatic hydroxyl groups is 2. The van der Waals surface area contributed by atoms with Crippen molar-refractivity contribution in [2.75, 3.05) is 19.6 Å². The zero-order valence-corrected chi connectivity index (χ0v) is 11.4. The molecule has 1 aliphatic rings. The molecule has 3 unspecified atom stereocenters. The van der Waals surface area contributed by atoms with Crippen molar-refractivity contribution in [3.63, 3.8) is 0 Å². The molecule has 0 spiro atoms. The molecule has 0 aromatic carbocycles. The molecule has 19 heavy (non-hydrogen) atoms. The van der Waals surface area contributed by atoms with E-state index in [1.165, 1.54) is 0 Å². The van der Waals surface area contributed by atoms with Gasteiger partial charge in [-0.25, -0.2) is 0 Å². The van der Waals surface area contributed by atoms with Gasteiger partial charge in [-0.1, -0.05) is 13.0 Å². The molecule has 5 nitrogen and oxygen atoms in total. The molecule has 0 bridgehead atoms. The molecule has 0 saturated carbocycles. The fraction of sp³-hybridized carbons (Fsp3) is 0.643. The highest BCUT2D eigenvalue weighted by Gasteiger charge is 2.26. The molecule has 3 N–H and O–H groups in total. The number of aliphatic hydroxyl groups excluding tert-OH is 2. The van der Waals surface area contributed by atoms with Crippen LogP contribution in [0.4, 0.5) is 0 Å². The minimum absolute atomic E-state index is 0.0893. The first-order chi connectivity index (χ1) is 9.20. The molecule has 3 atom stereocenters. The monoisotopic (exact) mass is 265 g/mol. The van der Waals surface area contributed by atoms with Gasteiger partial charge in [0.15, 0.2) is 0 Å². The Balaban J connectivity index is 1.94. The lowest BCUT2D eigenvalue weighted by Crippen LogP contribution is -2.45. The van der Waals surface area contributed by atoms with Crippen LogP contribution < -0.4 is 5.32 Å². The molecule has 0 aliphatic carbocycles. The maximum absolute atomic E-state index is 10.2. The van der Waals surface area contributed by atoms with Crippen molar-refractivity contribution in [1.29, 1.82) is 0 Å². The van der Waals surface area contributed by atoms with Crippen molar-refractivity contribution in [1.82, 2.24) is 15.2 Å². The van der Waals surface area contributed by atoms with Crippen molar-refractivity contribution in [3.8, 4) is 0 Å². The number of nitrogens with one attached hydrogen (secondary N) is 1. The van der Waals surface area contributed by atoms with Gasteiger partial charge in [-0.15, -0.1) is 0 Å². The van der Waals surface area contributed by atoms with E-state index in [2.05, 4.69) is 22.1 Å². The van der Waals surface area contributed by atoms with E-state index < -0.39 is 12.3 Å². The lowest BCUT2D eigenvalue weighted by atomic mass is 10.1. The molecule has 106 valence electrons. The summed E-state index contributed by atoms with van der Waals surface area (Å²) >= 11 is 0. The quantitative estimate of drug-likeness (QED) is 0.692. The second kappa shape index (κ2) is 6.96. The van der Waals surface area contributed by atoms with Crippen LogP contribution in [0.2, 0.25) is 0 Å². The smallest absolute Gasteiger partial charge is 0.148 e. The van der Waals surface area contributed by atoms with E-state index in [4.69, 9.17) is 0 Å². The molecule has 0 radical (unpaired) electrons. The van der Waals surface area contributed by atoms with E-state index in [-0.39, 0.29) is 6.04 Å². The molecular formula is C14H23N3O2. The predicted molar refractivity (Wildman–Crippen MR) is 73.5 cm³/mol. The number of pyridine rings is 1. The van der Waals surface area contributed by atoms with Crippen molar-refractivity contribution < 1.29 is 10.2 Å². The predicted octanol–water partition coefficient (Wildman–Crippen LogP) is 0.507. The van der Waals surface area contributed by atoms with Crippen molar-refractivity contribution >= 4 is 0 Å². The SMILES string of the molecule is CCN1CCCC(NC(O)c2ccccn2)C(O)C1. The molecule has 1 fully saturated rings. The number of likely N-dealkylation sites (N-methyl/N-ethyl adjacent to an activating group) is 1. The van der Waals surface area contributed by atoms with E-state index in [9.17, 15) is 10.2 Å². The summed E-state index contributed by atoms with van der Waals surface area (Å²) in [5.74, 6) is 0. The fourth-order valence-electron chi connectivity index (χ4n) is 2.52. The van der Waals surface area contributed by atoms with E-state index in [1.807, 2.05) is 12.1 Å². The Morgan fingerprint density at radius 3 is 3.05 bits per heavy atom. The highest BCUT2D eigenvalue weighted by molar-refractivity contribution is 5.06. The van der Waals surface area contributed by atoms with Gasteiger partial charge in [0.1, 0.15) is 6.23 Å². The van der Waals surface area contributed by atoms with Crippen LogP contribution in [0.15, 0.2) is 24.4 Å². The number of nitrogens with zero attached hydrogens (tertiary/aromatic N) is 2. The fourth-order valence-corrected chi connectivity index (χ4v) is 2.52. The number of hydrogen-bond acceptors (Lipinski definition) is 5. The summed E-state index contributed by atoms with van der Waals surface area (Å²) in [6.45, 7) is 4.71. The highest BCUT2D eigenvalue weighted by atomic mass is 16.3. The highest BCUT2D eigenvalue weighted by Crippen LogP contribution is 2.15. The van der Waals surface area contributed by atoms with Gasteiger partial charge in [-0.3, -0.25) is 10.3 Å². The van der Waals surface area contributed by atoms with Gasteiger partial charge in [0, 0.05) is 18.8 Å². The largest absolute Gasteiger partial charge is 0.390 e. The minimum atomic E-state index is -0.825. The summed E-state index contributed by atoms with van der Waals surface area (Å²) in [5, 5.41) is 23.4. The van der Waals surface area contributed by atoms with Gasteiger partial charge in [0.05, 0.1) is 11.8 Å². The third-order valence-corrected chi connectivity index (χ3v) is 3.69. The Morgan fingerprint density at radius 2 is 2.37 bits per heavy atom. The molecule has 5 heteroatoms. The summed E-state index contributed by atoms with van der Waals surface area (Å²) in [7, 11) is 0. The van der Waals surface area contributed by atoms with E-state index in [1.54, 1.807) is 12.3 Å². The van der Waals surface area contributed by atoms with Crippen molar-refractivity contribution in [3.05, 3.63) is 30.1 Å². The van der Waals surface area contributed by atoms with Gasteiger partial charge < -0.3 is 15.1 Å². The Bertz CT molecular complexity index is 374. The van der Waals surface area contributed by atoms with E-state index in [0.717, 1.165) is 25.9 Å². The number of likely N-dealkylation sites (tertiary alicyclic amines) is 1. The summed E-state index contributed by atoms with van der Waals surface area (Å²) in [5.41, 5.74) is 0.589. The van der Waals surface area contributed by atoms with Crippen LogP contribution in [0.1, 0.15) is 31.7 Å². The Hall–Kier alpha value is -1.01. The van der Waals surface area contributed by atoms with Gasteiger partial charge in [0.2, 0.25) is 0 Å². The third-order valence-electron chi connectivity index (χ3n) is 3.69. The summed E-state index contributed by atoms with van der Waals surface area (Å²) in [4.78, 5) is 6.35. The average molecular weight is 265 g/mol. The van der Waals surface area contributed by atoms with Gasteiger partial charge >= 0.3 is 0 Å². The average Bonchev–Trinajstić information content (AvgIpc) is 2.62. The Labute approximate surface area is 114 Å². The Morgan fingerprint density at radius 1 is 1.53 bits per heavy atom. The number of aromatic nitrogens is 1. The topological polar surface area (TPSA) is 68.6 Å². The molecule has 2 heterocycles. The lowest BCUT2D eigenvalue weighted by Gasteiger charge is -2.26. The number of hydrogen-bond donors (Lipinski definition) is 3. The molecule has 1 aromatic heterocycles.